The maximum Gasteiger partial charge on any atom is 0.305 e. The van der Waals surface area contributed by atoms with E-state index < -0.39 is 11.9 Å². The van der Waals surface area contributed by atoms with Gasteiger partial charge in [0.2, 0.25) is 11.8 Å². The van der Waals surface area contributed by atoms with Gasteiger partial charge < -0.3 is 14.8 Å². The number of aromatic nitrogens is 1. The maximum atomic E-state index is 13.7. The van der Waals surface area contributed by atoms with Gasteiger partial charge in [0.1, 0.15) is 12.4 Å². The molecule has 6 unspecified atom stereocenters. The highest BCUT2D eigenvalue weighted by Crippen LogP contribution is 2.69. The Morgan fingerprint density at radius 3 is 2.64 bits per heavy atom. The second kappa shape index (κ2) is 10.7. The molecule has 1 saturated heterocycles. The average molecular weight is 670 g/mol. The van der Waals surface area contributed by atoms with Crippen molar-refractivity contribution >= 4 is 56.8 Å². The van der Waals surface area contributed by atoms with Gasteiger partial charge in [-0.05, 0) is 66.8 Å². The number of hydrogen-bond donors (Lipinski definition) is 2. The molecule has 2 aliphatic carbocycles. The zero-order chi connectivity index (χ0) is 29.3. The molecule has 0 spiro atoms. The van der Waals surface area contributed by atoms with Crippen molar-refractivity contribution in [1.29, 1.82) is 0 Å². The summed E-state index contributed by atoms with van der Waals surface area (Å²) in [6.45, 7) is 2.61. The number of hydrogen-bond acceptors (Lipinski definition) is 7. The van der Waals surface area contributed by atoms with Crippen LogP contribution in [-0.4, -0.2) is 44.6 Å². The van der Waals surface area contributed by atoms with Gasteiger partial charge in [0.05, 0.1) is 16.9 Å². The first-order chi connectivity index (χ1) is 20.2. The summed E-state index contributed by atoms with van der Waals surface area (Å²) >= 11 is 6.53. The summed E-state index contributed by atoms with van der Waals surface area (Å²) in [5, 5.41) is 9.98. The van der Waals surface area contributed by atoms with Gasteiger partial charge in [-0.2, -0.15) is 0 Å². The Hall–Kier alpha value is -2.89. The van der Waals surface area contributed by atoms with E-state index in [-0.39, 0.29) is 70.9 Å². The molecule has 2 bridgehead atoms. The van der Waals surface area contributed by atoms with Crippen LogP contribution in [0.4, 0.5) is 0 Å². The second-order valence-corrected chi connectivity index (χ2v) is 14.8. The summed E-state index contributed by atoms with van der Waals surface area (Å²) in [5.41, 5.74) is 3.22. The fourth-order valence-corrected chi connectivity index (χ4v) is 11.1. The van der Waals surface area contributed by atoms with Crippen LogP contribution in [0.15, 0.2) is 56.8 Å². The number of aryl methyl sites for hydroxylation is 1. The van der Waals surface area contributed by atoms with Crippen LogP contribution in [0.3, 0.4) is 0 Å². The van der Waals surface area contributed by atoms with Crippen LogP contribution >= 0.6 is 39.0 Å². The zero-order valence-corrected chi connectivity index (χ0v) is 26.0. The number of imide groups is 1. The van der Waals surface area contributed by atoms with Crippen LogP contribution in [0.5, 0.6) is 5.75 Å². The molecular formula is C31H29BrN2O6S2. The molecule has 0 radical (unpaired) electrons. The molecule has 2 N–H and O–H groups in total. The van der Waals surface area contributed by atoms with Crippen molar-refractivity contribution in [2.75, 3.05) is 6.54 Å². The minimum atomic E-state index is -0.936. The van der Waals surface area contributed by atoms with Crippen LogP contribution in [-0.2, 0) is 21.0 Å². The number of rotatable bonds is 8. The quantitative estimate of drug-likeness (QED) is 0.308. The fraction of sp³-hybridized carbons (Fsp3) is 0.419. The second-order valence-electron chi connectivity index (χ2n) is 11.7. The lowest BCUT2D eigenvalue weighted by Crippen LogP contribution is -2.42. The van der Waals surface area contributed by atoms with E-state index in [4.69, 9.17) is 9.84 Å². The van der Waals surface area contributed by atoms with Gasteiger partial charge in [-0.25, -0.2) is 0 Å². The molecule has 11 heteroatoms. The van der Waals surface area contributed by atoms with Gasteiger partial charge >= 0.3 is 10.8 Å². The van der Waals surface area contributed by atoms with Crippen molar-refractivity contribution in [2.45, 2.75) is 49.0 Å². The Morgan fingerprint density at radius 1 is 1.12 bits per heavy atom. The number of aromatic amines is 1. The van der Waals surface area contributed by atoms with Gasteiger partial charge in [0, 0.05) is 39.0 Å². The number of likely N-dealkylation sites (tertiary alicyclic amines) is 1. The minimum Gasteiger partial charge on any atom is -0.489 e. The number of carboxylic acid groups (broad SMARTS) is 1. The van der Waals surface area contributed by atoms with E-state index in [0.29, 0.717) is 6.61 Å². The van der Waals surface area contributed by atoms with E-state index in [1.165, 1.54) is 16.2 Å². The summed E-state index contributed by atoms with van der Waals surface area (Å²) < 4.78 is 7.38. The van der Waals surface area contributed by atoms with Gasteiger partial charge in [-0.3, -0.25) is 24.1 Å². The highest BCUT2D eigenvalue weighted by atomic mass is 79.9. The molecule has 42 heavy (non-hydrogen) atoms. The van der Waals surface area contributed by atoms with E-state index in [0.717, 1.165) is 43.2 Å². The summed E-state index contributed by atoms with van der Waals surface area (Å²) in [4.78, 5) is 56.2. The first-order valence-corrected chi connectivity index (χ1v) is 16.6. The number of ether oxygens (including phenoxy) is 1. The molecular weight excluding hydrogens is 640 g/mol. The minimum absolute atomic E-state index is 0.0125. The Balaban J connectivity index is 1.26. The van der Waals surface area contributed by atoms with Crippen LogP contribution in [0.25, 0.3) is 0 Å². The molecule has 4 aliphatic rings. The highest BCUT2D eigenvalue weighted by molar-refractivity contribution is 9.10. The number of carbonyl (C=O) groups excluding carboxylic acids is 2. The van der Waals surface area contributed by atoms with Crippen molar-refractivity contribution in [3.05, 3.63) is 78.2 Å². The predicted octanol–water partition coefficient (Wildman–Crippen LogP) is 5.42. The Kier molecular flexibility index (Phi) is 7.10. The molecule has 3 fully saturated rings. The van der Waals surface area contributed by atoms with Crippen molar-refractivity contribution in [3.8, 4) is 5.75 Å². The number of benzene rings is 2. The number of aliphatic carboxylic acids is 1. The lowest BCUT2D eigenvalue weighted by Gasteiger charge is -2.43. The third-order valence-corrected chi connectivity index (χ3v) is 12.6. The van der Waals surface area contributed by atoms with Gasteiger partial charge in [0.15, 0.2) is 0 Å². The first kappa shape index (κ1) is 27.9. The fourth-order valence-electron chi connectivity index (χ4n) is 7.86. The molecule has 7 rings (SSSR count). The van der Waals surface area contributed by atoms with Gasteiger partial charge in [0.25, 0.3) is 0 Å². The van der Waals surface area contributed by atoms with E-state index in [2.05, 4.69) is 46.0 Å². The molecule has 3 aromatic rings. The normalized spacial score (nSPS) is 29.0. The predicted molar refractivity (Wildman–Crippen MR) is 162 cm³/mol. The number of carbonyl (C=O) groups is 3. The molecule has 7 atom stereocenters. The van der Waals surface area contributed by atoms with Crippen LogP contribution < -0.4 is 9.61 Å². The topological polar surface area (TPSA) is 117 Å². The molecule has 3 heterocycles. The molecule has 8 nitrogen and oxygen atoms in total. The molecule has 218 valence electrons. The number of thioether (sulfide) groups is 1. The van der Waals surface area contributed by atoms with Crippen molar-refractivity contribution in [3.63, 3.8) is 0 Å². The molecule has 2 saturated carbocycles. The summed E-state index contributed by atoms with van der Waals surface area (Å²) in [7, 11) is 0. The van der Waals surface area contributed by atoms with E-state index in [1.807, 2.05) is 24.3 Å². The highest BCUT2D eigenvalue weighted by Gasteiger charge is 2.69. The molecule has 2 aliphatic heterocycles. The number of nitrogens with zero attached hydrogens (tertiary/aromatic N) is 1. The summed E-state index contributed by atoms with van der Waals surface area (Å²) in [6, 6.07) is 14.1. The number of halogens is 1. The van der Waals surface area contributed by atoms with E-state index >= 15 is 0 Å². The van der Waals surface area contributed by atoms with E-state index in [9.17, 15) is 19.2 Å². The zero-order valence-electron chi connectivity index (χ0n) is 22.7. The standard InChI is InChI=1S/C31H29BrN2O6S2/c1-14-5-2-3-6-15(14)13-40-20-9-8-16(32)11-17(20)22-23-18-12-19(26(23)41-28-27(22)42-31(39)33-28)25-24(18)29(37)34(30(25)38)10-4-7-21(35)36/h2-3,5-6,8-9,11,18-19,22-26H,4,7,10,12-13H2,1H3,(H,33,39)(H,35,36)/t18?,19?,22-,23?,24?,25?,26?/m1/s1. The Bertz CT molecular complexity index is 1670. The third-order valence-electron chi connectivity index (χ3n) is 9.54. The SMILES string of the molecule is Cc1ccccc1COc1ccc(Br)cc1[C@H]1c2sc(=O)[nH]c2SC2C3CC(C4C(=O)N(CCCC(=O)O)C(=O)C34)C21. The molecule has 2 amide bonds. The molecule has 2 aromatic carbocycles. The van der Waals surface area contributed by atoms with Crippen molar-refractivity contribution < 1.29 is 24.2 Å². The van der Waals surface area contributed by atoms with E-state index in [1.54, 1.807) is 11.8 Å². The number of carboxylic acids is 1. The van der Waals surface area contributed by atoms with Gasteiger partial charge in [-0.1, -0.05) is 51.5 Å². The number of amides is 2. The largest absolute Gasteiger partial charge is 0.489 e. The van der Waals surface area contributed by atoms with Crippen molar-refractivity contribution in [2.24, 2.45) is 29.6 Å². The van der Waals surface area contributed by atoms with Gasteiger partial charge in [-0.15, -0.1) is 11.8 Å². The van der Waals surface area contributed by atoms with Crippen LogP contribution in [0, 0.1) is 36.5 Å². The first-order valence-electron chi connectivity index (χ1n) is 14.2. The van der Waals surface area contributed by atoms with Crippen molar-refractivity contribution in [1.82, 2.24) is 9.88 Å². The Morgan fingerprint density at radius 2 is 1.88 bits per heavy atom. The smallest absolute Gasteiger partial charge is 0.305 e. The average Bonchev–Trinajstić information content (AvgIpc) is 3.68. The number of H-pyrrole nitrogens is 1. The van der Waals surface area contributed by atoms with Crippen LogP contribution in [0.2, 0.25) is 0 Å². The Labute approximate surface area is 259 Å². The third kappa shape index (κ3) is 4.46. The number of nitrogens with one attached hydrogen (secondary N) is 1. The van der Waals surface area contributed by atoms with Crippen LogP contribution in [0.1, 0.15) is 46.7 Å². The number of fused-ring (bicyclic) bond motifs is 9. The summed E-state index contributed by atoms with van der Waals surface area (Å²) in [5.74, 6) is -1.43. The number of thiazole rings is 1. The summed E-state index contributed by atoms with van der Waals surface area (Å²) in [6.07, 6.45) is 0.968. The maximum absolute atomic E-state index is 13.7. The monoisotopic (exact) mass is 668 g/mol. The lowest BCUT2D eigenvalue weighted by atomic mass is 9.68. The molecule has 1 aromatic heterocycles. The lowest BCUT2D eigenvalue weighted by molar-refractivity contribution is -0.142.